The predicted octanol–water partition coefficient (Wildman–Crippen LogP) is 6.31. The summed E-state index contributed by atoms with van der Waals surface area (Å²) in [6, 6.07) is 9.91. The maximum atomic E-state index is 14.8. The highest BCUT2D eigenvalue weighted by Crippen LogP contribution is 2.39. The number of carbonyl (C=O) groups is 1. The molecule has 0 fully saturated rings. The molecular formula is C21H21Cl2FN4O2S. The predicted molar refractivity (Wildman–Crippen MR) is 120 cm³/mol. The van der Waals surface area contributed by atoms with E-state index in [9.17, 15) is 9.18 Å². The molecule has 1 N–H and O–H groups in total. The van der Waals surface area contributed by atoms with E-state index in [0.29, 0.717) is 15.9 Å². The molecule has 0 radical (unpaired) electrons. The minimum atomic E-state index is -0.682. The Labute approximate surface area is 194 Å². The van der Waals surface area contributed by atoms with Crippen LogP contribution in [0, 0.1) is 11.2 Å². The van der Waals surface area contributed by atoms with Crippen molar-refractivity contribution in [2.75, 3.05) is 7.05 Å². The fourth-order valence-corrected chi connectivity index (χ4v) is 3.97. The van der Waals surface area contributed by atoms with E-state index in [1.165, 1.54) is 29.6 Å². The van der Waals surface area contributed by atoms with Crippen molar-refractivity contribution in [3.8, 4) is 5.69 Å². The molecule has 10 heteroatoms. The minimum Gasteiger partial charge on any atom is -0.439 e. The Bertz CT molecular complexity index is 1080. The number of nitrogens with zero attached hydrogens (tertiary/aromatic N) is 3. The number of pyridine rings is 1. The van der Waals surface area contributed by atoms with Gasteiger partial charge in [0.05, 0.1) is 5.02 Å². The lowest BCUT2D eigenvalue weighted by Gasteiger charge is -2.28. The maximum Gasteiger partial charge on any atom is 0.407 e. The summed E-state index contributed by atoms with van der Waals surface area (Å²) in [6.07, 6.45) is 0.346. The van der Waals surface area contributed by atoms with Crippen LogP contribution in [0.4, 0.5) is 9.18 Å². The number of benzene rings is 1. The number of nitrogens with one attached hydrogen (secondary N) is 1. The van der Waals surface area contributed by atoms with E-state index in [4.69, 9.17) is 27.9 Å². The van der Waals surface area contributed by atoms with E-state index in [1.807, 2.05) is 20.8 Å². The van der Waals surface area contributed by atoms with Crippen molar-refractivity contribution in [1.29, 1.82) is 0 Å². The second kappa shape index (κ2) is 9.46. The van der Waals surface area contributed by atoms with Gasteiger partial charge in [-0.05, 0) is 30.3 Å². The quantitative estimate of drug-likeness (QED) is 0.431. The molecule has 3 rings (SSSR count). The van der Waals surface area contributed by atoms with Crippen LogP contribution in [0.2, 0.25) is 10.2 Å². The fraction of sp³-hybridized carbons (Fsp3) is 0.286. The Morgan fingerprint density at radius 2 is 2.00 bits per heavy atom. The first-order chi connectivity index (χ1) is 14.6. The number of hydrogen-bond acceptors (Lipinski definition) is 5. The van der Waals surface area contributed by atoms with Gasteiger partial charge in [-0.25, -0.2) is 18.9 Å². The van der Waals surface area contributed by atoms with Crippen LogP contribution >= 0.6 is 35.0 Å². The van der Waals surface area contributed by atoms with E-state index in [0.717, 1.165) is 4.90 Å². The highest BCUT2D eigenvalue weighted by atomic mass is 35.5. The third-order valence-electron chi connectivity index (χ3n) is 4.26. The van der Waals surface area contributed by atoms with Crippen molar-refractivity contribution in [3.05, 3.63) is 64.3 Å². The summed E-state index contributed by atoms with van der Waals surface area (Å²) in [6.45, 7) is 5.78. The van der Waals surface area contributed by atoms with Gasteiger partial charge in [0.15, 0.2) is 11.9 Å². The Balaban J connectivity index is 2.13. The third-order valence-corrected chi connectivity index (χ3v) is 5.75. The Hall–Kier alpha value is -2.29. The van der Waals surface area contributed by atoms with E-state index in [-0.39, 0.29) is 10.7 Å². The molecule has 0 spiro atoms. The summed E-state index contributed by atoms with van der Waals surface area (Å²) in [5, 5.41) is 7.99. The van der Waals surface area contributed by atoms with Gasteiger partial charge in [0, 0.05) is 23.6 Å². The number of hydrogen-bond donors (Lipinski definition) is 1. The summed E-state index contributed by atoms with van der Waals surface area (Å²) in [7, 11) is 1.48. The molecular weight excluding hydrogens is 462 g/mol. The first-order valence-electron chi connectivity index (χ1n) is 9.32. The van der Waals surface area contributed by atoms with E-state index in [2.05, 4.69) is 15.4 Å². The van der Waals surface area contributed by atoms with Gasteiger partial charge in [-0.3, -0.25) is 0 Å². The topological polar surface area (TPSA) is 69.0 Å². The smallest absolute Gasteiger partial charge is 0.407 e. The van der Waals surface area contributed by atoms with Crippen LogP contribution < -0.4 is 5.32 Å². The van der Waals surface area contributed by atoms with Gasteiger partial charge in [0.2, 0.25) is 0 Å². The van der Waals surface area contributed by atoms with Crippen LogP contribution in [0.15, 0.2) is 52.5 Å². The lowest BCUT2D eigenvalue weighted by Crippen LogP contribution is -2.29. The van der Waals surface area contributed by atoms with Crippen LogP contribution in [0.1, 0.15) is 32.6 Å². The molecule has 1 aromatic carbocycles. The average molecular weight is 483 g/mol. The second-order valence-electron chi connectivity index (χ2n) is 7.71. The van der Waals surface area contributed by atoms with E-state index >= 15 is 0 Å². The number of alkyl carbamates (subject to hydrolysis) is 1. The largest absolute Gasteiger partial charge is 0.439 e. The van der Waals surface area contributed by atoms with Crippen molar-refractivity contribution in [3.63, 3.8) is 0 Å². The molecule has 3 aromatic rings. The zero-order valence-electron chi connectivity index (χ0n) is 17.3. The number of amides is 1. The standard InChI is InChI=1S/C21H21Cl2FN4O2S/c1-21(2,3)19(30-20(29)25-4)14-10-17(31-12-8-9-16(23)26-11-12)28(27-14)15-7-5-6-13(22)18(15)24/h5-11,19H,1-4H3,(H,25,29). The summed E-state index contributed by atoms with van der Waals surface area (Å²) in [4.78, 5) is 16.8. The molecule has 0 aliphatic carbocycles. The van der Waals surface area contributed by atoms with Gasteiger partial charge in [-0.2, -0.15) is 5.10 Å². The monoisotopic (exact) mass is 482 g/mol. The van der Waals surface area contributed by atoms with Crippen LogP contribution in [0.5, 0.6) is 0 Å². The van der Waals surface area contributed by atoms with Crippen LogP contribution in [0.3, 0.4) is 0 Å². The second-order valence-corrected chi connectivity index (χ2v) is 9.60. The summed E-state index contributed by atoms with van der Waals surface area (Å²) >= 11 is 13.2. The van der Waals surface area contributed by atoms with Crippen molar-refractivity contribution >= 4 is 41.1 Å². The lowest BCUT2D eigenvalue weighted by molar-refractivity contribution is 0.0284. The van der Waals surface area contributed by atoms with Gasteiger partial charge in [0.1, 0.15) is 21.6 Å². The molecule has 6 nitrogen and oxygen atoms in total. The molecule has 1 amide bonds. The molecule has 0 aliphatic heterocycles. The SMILES string of the molecule is CNC(=O)OC(c1cc(Sc2ccc(Cl)nc2)n(-c2cccc(Cl)c2F)n1)C(C)(C)C. The fourth-order valence-electron chi connectivity index (χ4n) is 2.80. The van der Waals surface area contributed by atoms with Gasteiger partial charge in [-0.15, -0.1) is 0 Å². The summed E-state index contributed by atoms with van der Waals surface area (Å²) < 4.78 is 21.9. The van der Waals surface area contributed by atoms with Crippen molar-refractivity contribution in [2.24, 2.45) is 5.41 Å². The molecule has 1 atom stereocenters. The summed E-state index contributed by atoms with van der Waals surface area (Å²) in [5.74, 6) is -0.602. The molecule has 2 aromatic heterocycles. The summed E-state index contributed by atoms with van der Waals surface area (Å²) in [5.41, 5.74) is 0.179. The molecule has 1 unspecified atom stereocenters. The minimum absolute atomic E-state index is 0.0207. The Kier molecular flexibility index (Phi) is 7.13. The van der Waals surface area contributed by atoms with Crippen LogP contribution in [-0.2, 0) is 4.74 Å². The van der Waals surface area contributed by atoms with Gasteiger partial charge in [0.25, 0.3) is 0 Å². The zero-order valence-corrected chi connectivity index (χ0v) is 19.6. The van der Waals surface area contributed by atoms with Gasteiger partial charge in [-0.1, -0.05) is 61.8 Å². The van der Waals surface area contributed by atoms with E-state index in [1.54, 1.807) is 36.5 Å². The molecule has 0 saturated carbocycles. The van der Waals surface area contributed by atoms with Crippen molar-refractivity contribution in [1.82, 2.24) is 20.1 Å². The molecule has 164 valence electrons. The molecule has 2 heterocycles. The zero-order chi connectivity index (χ0) is 22.8. The number of ether oxygens (including phenoxy) is 1. The van der Waals surface area contributed by atoms with Gasteiger partial charge < -0.3 is 10.1 Å². The first-order valence-corrected chi connectivity index (χ1v) is 10.9. The third kappa shape index (κ3) is 5.50. The molecule has 0 bridgehead atoms. The number of halogens is 3. The van der Waals surface area contributed by atoms with E-state index < -0.39 is 23.4 Å². The Morgan fingerprint density at radius 1 is 1.26 bits per heavy atom. The molecule has 0 aliphatic rings. The number of rotatable bonds is 5. The van der Waals surface area contributed by atoms with Crippen molar-refractivity contribution in [2.45, 2.75) is 36.8 Å². The average Bonchev–Trinajstić information content (AvgIpc) is 3.11. The first kappa shape index (κ1) is 23.4. The highest BCUT2D eigenvalue weighted by molar-refractivity contribution is 7.99. The number of aromatic nitrogens is 3. The lowest BCUT2D eigenvalue weighted by atomic mass is 9.87. The van der Waals surface area contributed by atoms with Crippen LogP contribution in [-0.4, -0.2) is 27.9 Å². The normalized spacial score (nSPS) is 12.5. The van der Waals surface area contributed by atoms with Gasteiger partial charge >= 0.3 is 6.09 Å². The molecule has 0 saturated heterocycles. The highest BCUT2D eigenvalue weighted by Gasteiger charge is 2.33. The maximum absolute atomic E-state index is 14.8. The van der Waals surface area contributed by atoms with Crippen LogP contribution in [0.25, 0.3) is 5.69 Å². The number of carbonyl (C=O) groups excluding carboxylic acids is 1. The van der Waals surface area contributed by atoms with Crippen molar-refractivity contribution < 1.29 is 13.9 Å². The molecule has 31 heavy (non-hydrogen) atoms. The Morgan fingerprint density at radius 3 is 2.61 bits per heavy atom.